The Bertz CT molecular complexity index is 430. The average Bonchev–Trinajstić information content (AvgIpc) is 2.41. The molecule has 1 atom stereocenters. The van der Waals surface area contributed by atoms with Crippen LogP contribution in [0.15, 0.2) is 54.9 Å². The number of aliphatic hydroxyl groups is 1. The molecule has 0 spiro atoms. The van der Waals surface area contributed by atoms with Crippen LogP contribution < -0.4 is 0 Å². The zero-order chi connectivity index (χ0) is 11.9. The molecule has 0 aliphatic rings. The number of rotatable bonds is 5. The van der Waals surface area contributed by atoms with Crippen LogP contribution >= 0.6 is 0 Å². The summed E-state index contributed by atoms with van der Waals surface area (Å²) in [6.07, 6.45) is 2.91. The minimum Gasteiger partial charge on any atom is -0.386 e. The normalized spacial score (nSPS) is 12.3. The fourth-order valence-electron chi connectivity index (χ4n) is 1.54. The quantitative estimate of drug-likeness (QED) is 0.855. The van der Waals surface area contributed by atoms with Crippen molar-refractivity contribution in [1.82, 2.24) is 4.98 Å². The molecule has 0 aliphatic heterocycles. The molecule has 0 amide bonds. The molecule has 0 radical (unpaired) electrons. The van der Waals surface area contributed by atoms with E-state index in [2.05, 4.69) is 4.98 Å². The van der Waals surface area contributed by atoms with Crippen LogP contribution in [-0.2, 0) is 11.3 Å². The lowest BCUT2D eigenvalue weighted by molar-refractivity contribution is 0.0276. The number of ether oxygens (including phenoxy) is 1. The maximum Gasteiger partial charge on any atom is 0.102 e. The molecule has 3 nitrogen and oxygen atoms in total. The van der Waals surface area contributed by atoms with Crippen molar-refractivity contribution in [2.24, 2.45) is 0 Å². The molecule has 2 aromatic rings. The van der Waals surface area contributed by atoms with Crippen LogP contribution in [0.4, 0.5) is 0 Å². The van der Waals surface area contributed by atoms with Gasteiger partial charge in [-0.05, 0) is 17.2 Å². The van der Waals surface area contributed by atoms with Crippen LogP contribution in [0.5, 0.6) is 0 Å². The van der Waals surface area contributed by atoms with E-state index in [0.717, 1.165) is 11.1 Å². The Labute approximate surface area is 101 Å². The van der Waals surface area contributed by atoms with E-state index < -0.39 is 6.10 Å². The summed E-state index contributed by atoms with van der Waals surface area (Å²) in [7, 11) is 0. The Morgan fingerprint density at radius 2 is 1.94 bits per heavy atom. The van der Waals surface area contributed by atoms with Gasteiger partial charge in [-0.3, -0.25) is 4.98 Å². The molecule has 0 aliphatic carbocycles. The van der Waals surface area contributed by atoms with E-state index in [9.17, 15) is 5.11 Å². The van der Waals surface area contributed by atoms with Gasteiger partial charge in [0, 0.05) is 12.4 Å². The summed E-state index contributed by atoms with van der Waals surface area (Å²) in [5.41, 5.74) is 1.88. The highest BCUT2D eigenvalue weighted by Crippen LogP contribution is 2.12. The third-order valence-electron chi connectivity index (χ3n) is 2.45. The predicted molar refractivity (Wildman–Crippen MR) is 65.3 cm³/mol. The highest BCUT2D eigenvalue weighted by molar-refractivity contribution is 5.17. The summed E-state index contributed by atoms with van der Waals surface area (Å²) < 4.78 is 5.45. The van der Waals surface area contributed by atoms with Crippen molar-refractivity contribution in [3.8, 4) is 0 Å². The minimum atomic E-state index is -0.576. The summed E-state index contributed by atoms with van der Waals surface area (Å²) in [5, 5.41) is 9.86. The molecule has 1 heterocycles. The van der Waals surface area contributed by atoms with E-state index in [-0.39, 0.29) is 0 Å². The van der Waals surface area contributed by atoms with Gasteiger partial charge >= 0.3 is 0 Å². The Morgan fingerprint density at radius 1 is 1.12 bits per heavy atom. The van der Waals surface area contributed by atoms with Crippen molar-refractivity contribution < 1.29 is 9.84 Å². The van der Waals surface area contributed by atoms with Crippen LogP contribution in [-0.4, -0.2) is 16.7 Å². The van der Waals surface area contributed by atoms with Crippen LogP contribution in [0, 0.1) is 0 Å². The molecule has 1 unspecified atom stereocenters. The van der Waals surface area contributed by atoms with E-state index in [1.807, 2.05) is 42.5 Å². The number of aromatic nitrogens is 1. The smallest absolute Gasteiger partial charge is 0.102 e. The van der Waals surface area contributed by atoms with Gasteiger partial charge in [0.15, 0.2) is 0 Å². The minimum absolute atomic E-state index is 0.291. The van der Waals surface area contributed by atoms with Gasteiger partial charge < -0.3 is 9.84 Å². The molecule has 3 heteroatoms. The summed E-state index contributed by atoms with van der Waals surface area (Å²) in [4.78, 5) is 4.00. The zero-order valence-corrected chi connectivity index (χ0v) is 9.49. The van der Waals surface area contributed by atoms with Gasteiger partial charge in [-0.15, -0.1) is 0 Å². The van der Waals surface area contributed by atoms with E-state index in [1.165, 1.54) is 0 Å². The topological polar surface area (TPSA) is 42.4 Å². The van der Waals surface area contributed by atoms with Crippen LogP contribution in [0.2, 0.25) is 0 Å². The van der Waals surface area contributed by atoms with Crippen molar-refractivity contribution in [3.63, 3.8) is 0 Å². The van der Waals surface area contributed by atoms with Gasteiger partial charge in [0.2, 0.25) is 0 Å². The molecule has 17 heavy (non-hydrogen) atoms. The standard InChI is InChI=1S/C14H15NO2/c16-14(13-6-2-1-3-7-13)11-17-10-12-5-4-8-15-9-12/h1-9,14,16H,10-11H2. The second-order valence-electron chi connectivity index (χ2n) is 3.80. The molecular formula is C14H15NO2. The first-order valence-corrected chi connectivity index (χ1v) is 5.56. The molecule has 0 saturated carbocycles. The lowest BCUT2D eigenvalue weighted by Gasteiger charge is -2.11. The molecule has 0 saturated heterocycles. The molecule has 1 N–H and O–H groups in total. The van der Waals surface area contributed by atoms with Gasteiger partial charge in [-0.25, -0.2) is 0 Å². The summed E-state index contributed by atoms with van der Waals surface area (Å²) in [6, 6.07) is 13.3. The number of pyridine rings is 1. The van der Waals surface area contributed by atoms with Crippen molar-refractivity contribution in [2.45, 2.75) is 12.7 Å². The Balaban J connectivity index is 1.79. The molecule has 0 fully saturated rings. The maximum atomic E-state index is 9.86. The number of aliphatic hydroxyl groups excluding tert-OH is 1. The second-order valence-corrected chi connectivity index (χ2v) is 3.80. The molecule has 88 valence electrons. The lowest BCUT2D eigenvalue weighted by Crippen LogP contribution is -2.07. The lowest BCUT2D eigenvalue weighted by atomic mass is 10.1. The number of benzene rings is 1. The van der Waals surface area contributed by atoms with E-state index >= 15 is 0 Å². The second kappa shape index (κ2) is 6.13. The zero-order valence-electron chi connectivity index (χ0n) is 9.49. The van der Waals surface area contributed by atoms with Crippen molar-refractivity contribution >= 4 is 0 Å². The Kier molecular flexibility index (Phi) is 4.24. The maximum absolute atomic E-state index is 9.86. The van der Waals surface area contributed by atoms with Crippen molar-refractivity contribution in [2.75, 3.05) is 6.61 Å². The number of nitrogens with zero attached hydrogens (tertiary/aromatic N) is 1. The Hall–Kier alpha value is -1.71. The van der Waals surface area contributed by atoms with E-state index in [0.29, 0.717) is 13.2 Å². The SMILES string of the molecule is OC(COCc1cccnc1)c1ccccc1. The summed E-state index contributed by atoms with van der Waals surface area (Å²) >= 11 is 0. The third kappa shape index (κ3) is 3.66. The fraction of sp³-hybridized carbons (Fsp3) is 0.214. The van der Waals surface area contributed by atoms with Crippen molar-refractivity contribution in [1.29, 1.82) is 0 Å². The van der Waals surface area contributed by atoms with Gasteiger partial charge in [0.25, 0.3) is 0 Å². The van der Waals surface area contributed by atoms with Gasteiger partial charge in [0.1, 0.15) is 6.10 Å². The largest absolute Gasteiger partial charge is 0.386 e. The third-order valence-corrected chi connectivity index (χ3v) is 2.45. The van der Waals surface area contributed by atoms with Crippen LogP contribution in [0.25, 0.3) is 0 Å². The first kappa shape index (κ1) is 11.8. The van der Waals surface area contributed by atoms with E-state index in [1.54, 1.807) is 12.4 Å². The molecule has 2 rings (SSSR count). The molecule has 0 bridgehead atoms. The summed E-state index contributed by atoms with van der Waals surface area (Å²) in [5.74, 6) is 0. The highest BCUT2D eigenvalue weighted by Gasteiger charge is 2.06. The first-order valence-electron chi connectivity index (χ1n) is 5.56. The molecular weight excluding hydrogens is 214 g/mol. The van der Waals surface area contributed by atoms with Crippen LogP contribution in [0.3, 0.4) is 0 Å². The fourth-order valence-corrected chi connectivity index (χ4v) is 1.54. The highest BCUT2D eigenvalue weighted by atomic mass is 16.5. The van der Waals surface area contributed by atoms with Crippen molar-refractivity contribution in [3.05, 3.63) is 66.0 Å². The average molecular weight is 229 g/mol. The predicted octanol–water partition coefficient (Wildman–Crippen LogP) is 2.33. The van der Waals surface area contributed by atoms with Gasteiger partial charge in [0.05, 0.1) is 13.2 Å². The van der Waals surface area contributed by atoms with Gasteiger partial charge in [-0.1, -0.05) is 36.4 Å². The Morgan fingerprint density at radius 3 is 2.65 bits per heavy atom. The number of hydrogen-bond donors (Lipinski definition) is 1. The van der Waals surface area contributed by atoms with Crippen LogP contribution in [0.1, 0.15) is 17.2 Å². The van der Waals surface area contributed by atoms with Gasteiger partial charge in [-0.2, -0.15) is 0 Å². The van der Waals surface area contributed by atoms with E-state index in [4.69, 9.17) is 4.74 Å². The molecule has 1 aromatic carbocycles. The summed E-state index contributed by atoms with van der Waals surface area (Å²) in [6.45, 7) is 0.761. The molecule has 1 aromatic heterocycles. The monoisotopic (exact) mass is 229 g/mol. The number of hydrogen-bond acceptors (Lipinski definition) is 3. The first-order chi connectivity index (χ1) is 8.36.